The van der Waals surface area contributed by atoms with Gasteiger partial charge in [-0.2, -0.15) is 0 Å². The molecule has 3 rings (SSSR count). The van der Waals surface area contributed by atoms with Crippen molar-refractivity contribution in [3.63, 3.8) is 0 Å². The molecule has 0 spiro atoms. The number of hydrogen-bond acceptors (Lipinski definition) is 1. The van der Waals surface area contributed by atoms with Crippen molar-refractivity contribution >= 4 is 28.8 Å². The summed E-state index contributed by atoms with van der Waals surface area (Å²) in [6.45, 7) is 6.17. The number of pyridine rings is 1. The zero-order valence-electron chi connectivity index (χ0n) is 12.2. The molecule has 4 heteroatoms. The lowest BCUT2D eigenvalue weighted by atomic mass is 10.0. The molecule has 1 atom stereocenters. The number of imidazole rings is 1. The molecule has 0 aliphatic heterocycles. The zero-order valence-corrected chi connectivity index (χ0v) is 13.7. The molecule has 0 aliphatic carbocycles. The number of aryl methyl sites for hydroxylation is 2. The minimum Gasteiger partial charge on any atom is -0.300 e. The van der Waals surface area contributed by atoms with Crippen LogP contribution < -0.4 is 0 Å². The van der Waals surface area contributed by atoms with Gasteiger partial charge in [0.15, 0.2) is 0 Å². The van der Waals surface area contributed by atoms with Gasteiger partial charge < -0.3 is 4.40 Å². The van der Waals surface area contributed by atoms with Gasteiger partial charge in [0.2, 0.25) is 0 Å². The number of halogens is 2. The Morgan fingerprint density at radius 2 is 1.86 bits per heavy atom. The van der Waals surface area contributed by atoms with Gasteiger partial charge in [-0.1, -0.05) is 23.7 Å². The first kappa shape index (κ1) is 14.4. The Balaban J connectivity index is 2.30. The molecule has 2 heterocycles. The van der Waals surface area contributed by atoms with Gasteiger partial charge in [-0.05, 0) is 50.1 Å². The molecule has 3 aromatic rings. The molecule has 1 aromatic carbocycles. The molecule has 108 valence electrons. The number of benzene rings is 1. The number of alkyl halides is 1. The number of hydrogen-bond donors (Lipinski definition) is 0. The zero-order chi connectivity index (χ0) is 15.1. The summed E-state index contributed by atoms with van der Waals surface area (Å²) in [7, 11) is 0. The van der Waals surface area contributed by atoms with Crippen molar-refractivity contribution < 1.29 is 0 Å². The van der Waals surface area contributed by atoms with Crippen LogP contribution in [0.4, 0.5) is 0 Å². The van der Waals surface area contributed by atoms with E-state index in [0.29, 0.717) is 5.02 Å². The Morgan fingerprint density at radius 3 is 2.52 bits per heavy atom. The summed E-state index contributed by atoms with van der Waals surface area (Å²) in [5, 5.41) is 0.514. The lowest BCUT2D eigenvalue weighted by Gasteiger charge is -2.09. The summed E-state index contributed by atoms with van der Waals surface area (Å²) in [6, 6.07) is 10.1. The standard InChI is InChI=1S/C17H16Cl2N2/c1-10-4-5-13(8-11(10)2)16-17(12(3)18)21-9-14(19)6-7-15(21)20-16/h4-9,12H,1-3H3. The summed E-state index contributed by atoms with van der Waals surface area (Å²) in [6.07, 6.45) is 1.86. The fraction of sp³-hybridized carbons (Fsp3) is 0.235. The third-order valence-electron chi connectivity index (χ3n) is 3.78. The van der Waals surface area contributed by atoms with Gasteiger partial charge in [0, 0.05) is 11.8 Å². The van der Waals surface area contributed by atoms with E-state index in [4.69, 9.17) is 28.2 Å². The first-order chi connectivity index (χ1) is 9.97. The van der Waals surface area contributed by atoms with E-state index >= 15 is 0 Å². The second kappa shape index (κ2) is 5.36. The lowest BCUT2D eigenvalue weighted by molar-refractivity contribution is 0.965. The molecular weight excluding hydrogens is 303 g/mol. The Kier molecular flexibility index (Phi) is 3.68. The molecule has 0 saturated carbocycles. The van der Waals surface area contributed by atoms with Gasteiger partial charge in [-0.15, -0.1) is 11.6 Å². The molecular formula is C17H16Cl2N2. The fourth-order valence-corrected chi connectivity index (χ4v) is 2.89. The minimum absolute atomic E-state index is 0.157. The molecule has 2 nitrogen and oxygen atoms in total. The van der Waals surface area contributed by atoms with Crippen LogP contribution in [0.25, 0.3) is 16.9 Å². The molecule has 0 radical (unpaired) electrons. The predicted octanol–water partition coefficient (Wildman–Crippen LogP) is 5.57. The Labute approximate surface area is 134 Å². The summed E-state index contributed by atoms with van der Waals surface area (Å²) in [5.74, 6) is 0. The summed E-state index contributed by atoms with van der Waals surface area (Å²) >= 11 is 12.5. The SMILES string of the molecule is Cc1ccc(-c2nc3ccc(Cl)cn3c2C(C)Cl)cc1C. The molecule has 0 amide bonds. The third kappa shape index (κ3) is 2.54. The highest BCUT2D eigenvalue weighted by Crippen LogP contribution is 2.33. The quantitative estimate of drug-likeness (QED) is 0.564. The van der Waals surface area contributed by atoms with E-state index in [1.165, 1.54) is 11.1 Å². The second-order valence-corrected chi connectivity index (χ2v) is 6.43. The van der Waals surface area contributed by atoms with E-state index in [2.05, 4.69) is 32.0 Å². The molecule has 0 N–H and O–H groups in total. The normalized spacial score (nSPS) is 12.8. The van der Waals surface area contributed by atoms with Gasteiger partial charge in [0.1, 0.15) is 5.65 Å². The highest BCUT2D eigenvalue weighted by molar-refractivity contribution is 6.30. The largest absolute Gasteiger partial charge is 0.300 e. The monoisotopic (exact) mass is 318 g/mol. The Bertz CT molecular complexity index is 819. The van der Waals surface area contributed by atoms with E-state index in [-0.39, 0.29) is 5.38 Å². The topological polar surface area (TPSA) is 17.3 Å². The van der Waals surface area contributed by atoms with Crippen LogP contribution in [0.2, 0.25) is 5.02 Å². The van der Waals surface area contributed by atoms with Crippen LogP contribution in [0.5, 0.6) is 0 Å². The van der Waals surface area contributed by atoms with E-state index in [0.717, 1.165) is 22.6 Å². The van der Waals surface area contributed by atoms with Crippen LogP contribution in [-0.4, -0.2) is 9.38 Å². The van der Waals surface area contributed by atoms with E-state index in [1.807, 2.05) is 29.7 Å². The van der Waals surface area contributed by atoms with Crippen LogP contribution in [0.1, 0.15) is 29.1 Å². The Morgan fingerprint density at radius 1 is 1.10 bits per heavy atom. The number of aromatic nitrogens is 2. The summed E-state index contributed by atoms with van der Waals surface area (Å²) in [4.78, 5) is 4.74. The average molecular weight is 319 g/mol. The number of nitrogens with zero attached hydrogens (tertiary/aromatic N) is 2. The molecule has 2 aromatic heterocycles. The maximum Gasteiger partial charge on any atom is 0.137 e. The smallest absolute Gasteiger partial charge is 0.137 e. The predicted molar refractivity (Wildman–Crippen MR) is 89.4 cm³/mol. The van der Waals surface area contributed by atoms with E-state index in [9.17, 15) is 0 Å². The minimum atomic E-state index is -0.157. The van der Waals surface area contributed by atoms with E-state index < -0.39 is 0 Å². The van der Waals surface area contributed by atoms with Crippen molar-refractivity contribution in [3.05, 3.63) is 58.4 Å². The van der Waals surface area contributed by atoms with Crippen molar-refractivity contribution in [2.24, 2.45) is 0 Å². The van der Waals surface area contributed by atoms with Gasteiger partial charge in [-0.3, -0.25) is 0 Å². The lowest BCUT2D eigenvalue weighted by Crippen LogP contribution is -1.95. The average Bonchev–Trinajstić information content (AvgIpc) is 2.80. The summed E-state index contributed by atoms with van der Waals surface area (Å²) in [5.41, 5.74) is 6.35. The summed E-state index contributed by atoms with van der Waals surface area (Å²) < 4.78 is 1.98. The maximum atomic E-state index is 6.40. The fourth-order valence-electron chi connectivity index (χ4n) is 2.52. The molecule has 1 unspecified atom stereocenters. The molecule has 0 saturated heterocycles. The van der Waals surface area contributed by atoms with Crippen LogP contribution in [0.15, 0.2) is 36.5 Å². The highest BCUT2D eigenvalue weighted by Gasteiger charge is 2.18. The van der Waals surface area contributed by atoms with E-state index in [1.54, 1.807) is 0 Å². The highest BCUT2D eigenvalue weighted by atomic mass is 35.5. The number of fused-ring (bicyclic) bond motifs is 1. The molecule has 0 fully saturated rings. The van der Waals surface area contributed by atoms with Gasteiger partial charge in [0.05, 0.1) is 21.8 Å². The molecule has 0 aliphatic rings. The van der Waals surface area contributed by atoms with Crippen molar-refractivity contribution in [2.45, 2.75) is 26.1 Å². The van der Waals surface area contributed by atoms with Crippen molar-refractivity contribution in [3.8, 4) is 11.3 Å². The third-order valence-corrected chi connectivity index (χ3v) is 4.21. The van der Waals surface area contributed by atoms with Crippen molar-refractivity contribution in [1.29, 1.82) is 0 Å². The van der Waals surface area contributed by atoms with Crippen molar-refractivity contribution in [1.82, 2.24) is 9.38 Å². The van der Waals surface area contributed by atoms with Gasteiger partial charge in [0.25, 0.3) is 0 Å². The first-order valence-electron chi connectivity index (χ1n) is 6.86. The van der Waals surface area contributed by atoms with Gasteiger partial charge in [-0.25, -0.2) is 4.98 Å². The number of rotatable bonds is 2. The van der Waals surface area contributed by atoms with Crippen LogP contribution in [0, 0.1) is 13.8 Å². The van der Waals surface area contributed by atoms with Crippen LogP contribution in [0.3, 0.4) is 0 Å². The first-order valence-corrected chi connectivity index (χ1v) is 7.68. The molecule has 0 bridgehead atoms. The second-order valence-electron chi connectivity index (χ2n) is 5.34. The van der Waals surface area contributed by atoms with Gasteiger partial charge >= 0.3 is 0 Å². The Hall–Kier alpha value is -1.51. The van der Waals surface area contributed by atoms with Crippen molar-refractivity contribution in [2.75, 3.05) is 0 Å². The molecule has 21 heavy (non-hydrogen) atoms. The van der Waals surface area contributed by atoms with Crippen LogP contribution in [-0.2, 0) is 0 Å². The van der Waals surface area contributed by atoms with Crippen LogP contribution >= 0.6 is 23.2 Å². The maximum absolute atomic E-state index is 6.40.